The zero-order valence-corrected chi connectivity index (χ0v) is 15.8. The molecule has 0 radical (unpaired) electrons. The summed E-state index contributed by atoms with van der Waals surface area (Å²) in [7, 11) is 0. The van der Waals surface area contributed by atoms with Gasteiger partial charge in [-0.15, -0.1) is 0 Å². The van der Waals surface area contributed by atoms with Crippen molar-refractivity contribution in [2.24, 2.45) is 5.92 Å². The number of aromatic nitrogens is 1. The minimum Gasteiger partial charge on any atom is -0.361 e. The van der Waals surface area contributed by atoms with E-state index in [2.05, 4.69) is 5.16 Å². The summed E-state index contributed by atoms with van der Waals surface area (Å²) in [6, 6.07) is 19.4. The van der Waals surface area contributed by atoms with Crippen LogP contribution in [-0.4, -0.2) is 34.8 Å². The molecule has 0 N–H and O–H groups in total. The Hall–Kier alpha value is -3.21. The molecule has 0 bridgehead atoms. The zero-order valence-electron chi connectivity index (χ0n) is 15.8. The zero-order chi connectivity index (χ0) is 19.5. The molecular formula is C23H22N2O3. The summed E-state index contributed by atoms with van der Waals surface area (Å²) in [4.78, 5) is 27.3. The Labute approximate surface area is 164 Å². The Bertz CT molecular complexity index is 977. The van der Waals surface area contributed by atoms with Crippen molar-refractivity contribution in [1.29, 1.82) is 0 Å². The molecule has 0 aliphatic carbocycles. The van der Waals surface area contributed by atoms with Gasteiger partial charge in [0.2, 0.25) is 0 Å². The fourth-order valence-electron chi connectivity index (χ4n) is 3.70. The van der Waals surface area contributed by atoms with Gasteiger partial charge in [-0.2, -0.15) is 0 Å². The average Bonchev–Trinajstić information content (AvgIpc) is 3.20. The van der Waals surface area contributed by atoms with Gasteiger partial charge in [0.15, 0.2) is 11.5 Å². The van der Waals surface area contributed by atoms with Gasteiger partial charge in [-0.1, -0.05) is 59.8 Å². The first-order valence-corrected chi connectivity index (χ1v) is 9.54. The molecule has 0 spiro atoms. The number of benzene rings is 2. The van der Waals surface area contributed by atoms with Gasteiger partial charge in [0.05, 0.1) is 0 Å². The molecular weight excluding hydrogens is 352 g/mol. The first-order chi connectivity index (χ1) is 13.6. The maximum absolute atomic E-state index is 13.0. The number of amides is 1. The molecule has 2 aromatic carbocycles. The number of hydrogen-bond acceptors (Lipinski definition) is 4. The normalized spacial score (nSPS) is 16.8. The number of aryl methyl sites for hydroxylation is 1. The number of ketones is 1. The summed E-state index contributed by atoms with van der Waals surface area (Å²) in [5.41, 5.74) is 3.20. The van der Waals surface area contributed by atoms with Gasteiger partial charge >= 0.3 is 0 Å². The Morgan fingerprint density at radius 2 is 1.75 bits per heavy atom. The largest absolute Gasteiger partial charge is 0.361 e. The van der Waals surface area contributed by atoms with Crippen LogP contribution >= 0.6 is 0 Å². The van der Waals surface area contributed by atoms with Crippen LogP contribution in [0.25, 0.3) is 11.1 Å². The second kappa shape index (κ2) is 7.80. The number of carbonyl (C=O) groups is 2. The van der Waals surface area contributed by atoms with Crippen molar-refractivity contribution in [3.63, 3.8) is 0 Å². The van der Waals surface area contributed by atoms with Crippen LogP contribution in [-0.2, 0) is 0 Å². The third kappa shape index (κ3) is 3.74. The van der Waals surface area contributed by atoms with E-state index in [9.17, 15) is 9.59 Å². The van der Waals surface area contributed by atoms with E-state index >= 15 is 0 Å². The SMILES string of the molecule is Cc1cc(C(=O)N2CCC[C@@H](C(=O)c3ccc(-c4ccccc4)cc3)C2)no1. The van der Waals surface area contributed by atoms with E-state index in [1.807, 2.05) is 54.6 Å². The van der Waals surface area contributed by atoms with Gasteiger partial charge in [0, 0.05) is 30.6 Å². The van der Waals surface area contributed by atoms with E-state index in [0.29, 0.717) is 30.1 Å². The summed E-state index contributed by atoms with van der Waals surface area (Å²) in [6.07, 6.45) is 1.60. The van der Waals surface area contributed by atoms with E-state index in [4.69, 9.17) is 4.52 Å². The molecule has 5 nitrogen and oxygen atoms in total. The third-order valence-corrected chi connectivity index (χ3v) is 5.20. The molecule has 1 aliphatic heterocycles. The highest BCUT2D eigenvalue weighted by Crippen LogP contribution is 2.25. The maximum atomic E-state index is 13.0. The molecule has 1 saturated heterocycles. The quantitative estimate of drug-likeness (QED) is 0.636. The van der Waals surface area contributed by atoms with Crippen LogP contribution in [0, 0.1) is 12.8 Å². The Balaban J connectivity index is 1.46. The van der Waals surface area contributed by atoms with Crippen LogP contribution in [0.2, 0.25) is 0 Å². The van der Waals surface area contributed by atoms with Gasteiger partial charge < -0.3 is 9.42 Å². The molecule has 3 aromatic rings. The van der Waals surface area contributed by atoms with E-state index < -0.39 is 0 Å². The highest BCUT2D eigenvalue weighted by molar-refractivity contribution is 5.99. The molecule has 5 heteroatoms. The molecule has 0 saturated carbocycles. The van der Waals surface area contributed by atoms with Crippen molar-refractivity contribution in [3.8, 4) is 11.1 Å². The van der Waals surface area contributed by atoms with Gasteiger partial charge in [-0.25, -0.2) is 0 Å². The van der Waals surface area contributed by atoms with E-state index in [1.54, 1.807) is 17.9 Å². The fourth-order valence-corrected chi connectivity index (χ4v) is 3.70. The van der Waals surface area contributed by atoms with Crippen LogP contribution in [0.15, 0.2) is 65.2 Å². The van der Waals surface area contributed by atoms with E-state index in [1.165, 1.54) is 0 Å². The van der Waals surface area contributed by atoms with Gasteiger partial charge in [-0.3, -0.25) is 9.59 Å². The Morgan fingerprint density at radius 1 is 1.04 bits per heavy atom. The second-order valence-corrected chi connectivity index (χ2v) is 7.22. The van der Waals surface area contributed by atoms with Crippen LogP contribution in [0.5, 0.6) is 0 Å². The lowest BCUT2D eigenvalue weighted by Gasteiger charge is -2.31. The number of piperidine rings is 1. The van der Waals surface area contributed by atoms with E-state index in [-0.39, 0.29) is 17.6 Å². The highest BCUT2D eigenvalue weighted by Gasteiger charge is 2.30. The maximum Gasteiger partial charge on any atom is 0.276 e. The number of carbonyl (C=O) groups excluding carboxylic acids is 2. The molecule has 1 amide bonds. The standard InChI is InChI=1S/C23H22N2O3/c1-16-14-21(24-28-16)23(27)25-13-5-8-20(15-25)22(26)19-11-9-18(10-12-19)17-6-3-2-4-7-17/h2-4,6-7,9-12,14,20H,5,8,13,15H2,1H3/t20-/m1/s1. The van der Waals surface area contributed by atoms with Crippen LogP contribution < -0.4 is 0 Å². The molecule has 0 unspecified atom stereocenters. The van der Waals surface area contributed by atoms with Gasteiger partial charge in [0.25, 0.3) is 5.91 Å². The summed E-state index contributed by atoms with van der Waals surface area (Å²) in [5.74, 6) is 0.335. The summed E-state index contributed by atoms with van der Waals surface area (Å²) >= 11 is 0. The van der Waals surface area contributed by atoms with Crippen molar-refractivity contribution in [2.45, 2.75) is 19.8 Å². The molecule has 1 aromatic heterocycles. The number of hydrogen-bond donors (Lipinski definition) is 0. The fraction of sp³-hybridized carbons (Fsp3) is 0.261. The number of likely N-dealkylation sites (tertiary alicyclic amines) is 1. The van der Waals surface area contributed by atoms with Crippen molar-refractivity contribution >= 4 is 11.7 Å². The first kappa shape index (κ1) is 18.2. The number of Topliss-reactive ketones (excluding diaryl/α,β-unsaturated/α-hetero) is 1. The van der Waals surface area contributed by atoms with Crippen LogP contribution in [0.1, 0.15) is 39.4 Å². The monoisotopic (exact) mass is 374 g/mol. The van der Waals surface area contributed by atoms with Gasteiger partial charge in [0.1, 0.15) is 5.76 Å². The first-order valence-electron chi connectivity index (χ1n) is 9.54. The summed E-state index contributed by atoms with van der Waals surface area (Å²) in [5, 5.41) is 3.81. The molecule has 1 aliphatic rings. The lowest BCUT2D eigenvalue weighted by atomic mass is 9.89. The highest BCUT2D eigenvalue weighted by atomic mass is 16.5. The predicted octanol–water partition coefficient (Wildman–Crippen LogP) is 4.39. The Kier molecular flexibility index (Phi) is 5.06. The predicted molar refractivity (Wildman–Crippen MR) is 106 cm³/mol. The lowest BCUT2D eigenvalue weighted by Crippen LogP contribution is -2.42. The van der Waals surface area contributed by atoms with Crippen LogP contribution in [0.4, 0.5) is 0 Å². The average molecular weight is 374 g/mol. The third-order valence-electron chi connectivity index (χ3n) is 5.20. The molecule has 4 rings (SSSR count). The molecule has 1 fully saturated rings. The second-order valence-electron chi connectivity index (χ2n) is 7.22. The summed E-state index contributed by atoms with van der Waals surface area (Å²) < 4.78 is 5.00. The minimum absolute atomic E-state index is 0.0912. The number of nitrogens with zero attached hydrogens (tertiary/aromatic N) is 2. The Morgan fingerprint density at radius 3 is 2.43 bits per heavy atom. The van der Waals surface area contributed by atoms with Crippen LogP contribution in [0.3, 0.4) is 0 Å². The van der Waals surface area contributed by atoms with Crippen molar-refractivity contribution in [3.05, 3.63) is 77.7 Å². The molecule has 28 heavy (non-hydrogen) atoms. The molecule has 1 atom stereocenters. The van der Waals surface area contributed by atoms with E-state index in [0.717, 1.165) is 24.0 Å². The van der Waals surface area contributed by atoms with Crippen molar-refractivity contribution in [1.82, 2.24) is 10.1 Å². The van der Waals surface area contributed by atoms with Crippen molar-refractivity contribution in [2.75, 3.05) is 13.1 Å². The van der Waals surface area contributed by atoms with Gasteiger partial charge in [-0.05, 0) is 30.9 Å². The molecule has 2 heterocycles. The number of rotatable bonds is 4. The topological polar surface area (TPSA) is 63.4 Å². The lowest BCUT2D eigenvalue weighted by molar-refractivity contribution is 0.0628. The van der Waals surface area contributed by atoms with Crippen molar-refractivity contribution < 1.29 is 14.1 Å². The minimum atomic E-state index is -0.187. The smallest absolute Gasteiger partial charge is 0.276 e. The summed E-state index contributed by atoms with van der Waals surface area (Å²) in [6.45, 7) is 2.82. The molecule has 142 valence electrons.